The van der Waals surface area contributed by atoms with Gasteiger partial charge >= 0.3 is 0 Å². The summed E-state index contributed by atoms with van der Waals surface area (Å²) in [6.45, 7) is 2.20. The molecule has 4 nitrogen and oxygen atoms in total. The van der Waals surface area contributed by atoms with E-state index in [1.54, 1.807) is 0 Å². The number of Topliss-reactive ketones (excluding diaryl/α,β-unsaturated/α-hetero) is 1. The Morgan fingerprint density at radius 2 is 2.00 bits per heavy atom. The molecule has 1 saturated carbocycles. The van der Waals surface area contributed by atoms with Crippen LogP contribution in [0.3, 0.4) is 0 Å². The number of carbonyl (C=O) groups is 2. The Kier molecular flexibility index (Phi) is 4.75. The predicted molar refractivity (Wildman–Crippen MR) is 56.2 cm³/mol. The fourth-order valence-electron chi connectivity index (χ4n) is 2.16. The Balaban J connectivity index is 2.24. The Labute approximate surface area is 90.0 Å². The molecular formula is C11H19NO3. The van der Waals surface area contributed by atoms with Gasteiger partial charge in [0.15, 0.2) is 0 Å². The number of carbonyl (C=O) groups excluding carboxylic acids is 2. The summed E-state index contributed by atoms with van der Waals surface area (Å²) < 4.78 is 0. The first-order valence-corrected chi connectivity index (χ1v) is 5.50. The number of rotatable bonds is 5. The molecule has 0 saturated heterocycles. The van der Waals surface area contributed by atoms with Gasteiger partial charge in [-0.15, -0.1) is 0 Å². The van der Waals surface area contributed by atoms with E-state index in [4.69, 9.17) is 5.11 Å². The molecule has 0 spiro atoms. The fourth-order valence-corrected chi connectivity index (χ4v) is 2.16. The highest BCUT2D eigenvalue weighted by atomic mass is 16.3. The van der Waals surface area contributed by atoms with Crippen molar-refractivity contribution in [2.24, 2.45) is 11.8 Å². The van der Waals surface area contributed by atoms with Crippen molar-refractivity contribution in [1.82, 2.24) is 5.32 Å². The third-order valence-corrected chi connectivity index (χ3v) is 3.02. The molecule has 1 aliphatic carbocycles. The largest absolute Gasteiger partial charge is 0.396 e. The van der Waals surface area contributed by atoms with Crippen molar-refractivity contribution < 1.29 is 14.7 Å². The molecule has 2 atom stereocenters. The Bertz CT molecular complexity index is 240. The fraction of sp³-hybridized carbons (Fsp3) is 0.818. The summed E-state index contributed by atoms with van der Waals surface area (Å²) in [4.78, 5) is 21.9. The molecule has 86 valence electrons. The van der Waals surface area contributed by atoms with E-state index < -0.39 is 0 Å². The van der Waals surface area contributed by atoms with Crippen molar-refractivity contribution in [2.75, 3.05) is 13.2 Å². The van der Waals surface area contributed by atoms with E-state index in [0.717, 1.165) is 19.3 Å². The van der Waals surface area contributed by atoms with Crippen LogP contribution < -0.4 is 5.32 Å². The van der Waals surface area contributed by atoms with Crippen LogP contribution in [0.25, 0.3) is 0 Å². The van der Waals surface area contributed by atoms with E-state index in [1.807, 2.05) is 0 Å². The minimum absolute atomic E-state index is 0.0312. The summed E-state index contributed by atoms with van der Waals surface area (Å²) in [5.74, 6) is 0.386. The lowest BCUT2D eigenvalue weighted by molar-refractivity contribution is -0.127. The minimum Gasteiger partial charge on any atom is -0.396 e. The van der Waals surface area contributed by atoms with Crippen LogP contribution in [0.1, 0.15) is 32.6 Å². The van der Waals surface area contributed by atoms with E-state index in [1.165, 1.54) is 6.92 Å². The normalized spacial score (nSPS) is 25.2. The van der Waals surface area contributed by atoms with Crippen LogP contribution in [0, 0.1) is 11.8 Å². The average Bonchev–Trinajstić information content (AvgIpc) is 2.60. The Morgan fingerprint density at radius 3 is 2.60 bits per heavy atom. The second-order valence-corrected chi connectivity index (χ2v) is 4.32. The maximum atomic E-state index is 11.2. The summed E-state index contributed by atoms with van der Waals surface area (Å²) in [7, 11) is 0. The second-order valence-electron chi connectivity index (χ2n) is 4.32. The highest BCUT2D eigenvalue weighted by molar-refractivity contribution is 5.96. The van der Waals surface area contributed by atoms with E-state index in [9.17, 15) is 9.59 Å². The van der Waals surface area contributed by atoms with Gasteiger partial charge < -0.3 is 10.4 Å². The molecule has 0 bridgehead atoms. The first kappa shape index (κ1) is 12.2. The van der Waals surface area contributed by atoms with Crippen molar-refractivity contribution >= 4 is 11.7 Å². The number of nitrogens with one attached hydrogen (secondary N) is 1. The zero-order chi connectivity index (χ0) is 11.3. The predicted octanol–water partition coefficient (Wildman–Crippen LogP) is 0.490. The van der Waals surface area contributed by atoms with E-state index >= 15 is 0 Å². The van der Waals surface area contributed by atoms with Gasteiger partial charge in [0.25, 0.3) is 0 Å². The van der Waals surface area contributed by atoms with Crippen molar-refractivity contribution in [2.45, 2.75) is 32.6 Å². The molecule has 0 aromatic carbocycles. The maximum absolute atomic E-state index is 11.2. The third-order valence-electron chi connectivity index (χ3n) is 3.02. The molecule has 0 radical (unpaired) electrons. The summed E-state index contributed by atoms with van der Waals surface area (Å²) in [6.07, 6.45) is 3.20. The van der Waals surface area contributed by atoms with Crippen LogP contribution in [0.2, 0.25) is 0 Å². The lowest BCUT2D eigenvalue weighted by Crippen LogP contribution is -2.32. The molecule has 0 heterocycles. The van der Waals surface area contributed by atoms with Crippen molar-refractivity contribution in [3.63, 3.8) is 0 Å². The summed E-state index contributed by atoms with van der Waals surface area (Å²) in [6, 6.07) is 0. The molecule has 0 aromatic heterocycles. The number of hydrogen-bond donors (Lipinski definition) is 2. The number of aliphatic hydroxyl groups is 1. The molecule has 0 aliphatic heterocycles. The van der Waals surface area contributed by atoms with Gasteiger partial charge in [-0.05, 0) is 31.6 Å². The molecule has 2 N–H and O–H groups in total. The number of amides is 1. The minimum atomic E-state index is -0.203. The maximum Gasteiger partial charge on any atom is 0.227 e. The molecule has 0 aromatic rings. The second kappa shape index (κ2) is 5.85. The standard InChI is InChI=1S/C11H19NO3/c1-8(14)5-11(15)12-6-9-3-2-4-10(9)7-13/h9-10,13H,2-7H2,1H3,(H,12,15). The zero-order valence-electron chi connectivity index (χ0n) is 9.16. The number of aliphatic hydroxyl groups excluding tert-OH is 1. The van der Waals surface area contributed by atoms with Crippen LogP contribution in [-0.2, 0) is 9.59 Å². The van der Waals surface area contributed by atoms with E-state index in [2.05, 4.69) is 5.32 Å². The van der Waals surface area contributed by atoms with Crippen LogP contribution in [0.4, 0.5) is 0 Å². The Hall–Kier alpha value is -0.900. The van der Waals surface area contributed by atoms with Gasteiger partial charge in [-0.2, -0.15) is 0 Å². The SMILES string of the molecule is CC(=O)CC(=O)NCC1CCCC1CO. The van der Waals surface area contributed by atoms with Gasteiger partial charge in [-0.3, -0.25) is 9.59 Å². The molecule has 15 heavy (non-hydrogen) atoms. The quantitative estimate of drug-likeness (QED) is 0.653. The molecule has 1 fully saturated rings. The van der Waals surface area contributed by atoms with Crippen LogP contribution in [-0.4, -0.2) is 29.9 Å². The van der Waals surface area contributed by atoms with Crippen LogP contribution in [0.15, 0.2) is 0 Å². The number of hydrogen-bond acceptors (Lipinski definition) is 3. The van der Waals surface area contributed by atoms with Crippen LogP contribution in [0.5, 0.6) is 0 Å². The molecule has 1 rings (SSSR count). The van der Waals surface area contributed by atoms with Crippen molar-refractivity contribution in [3.8, 4) is 0 Å². The molecule has 1 amide bonds. The van der Waals surface area contributed by atoms with Gasteiger partial charge in [-0.1, -0.05) is 6.42 Å². The topological polar surface area (TPSA) is 66.4 Å². The lowest BCUT2D eigenvalue weighted by Gasteiger charge is -2.17. The summed E-state index contributed by atoms with van der Waals surface area (Å²) in [5.41, 5.74) is 0. The Morgan fingerprint density at radius 1 is 1.33 bits per heavy atom. The van der Waals surface area contributed by atoms with Gasteiger partial charge in [0, 0.05) is 13.2 Å². The van der Waals surface area contributed by atoms with E-state index in [-0.39, 0.29) is 24.7 Å². The van der Waals surface area contributed by atoms with Gasteiger partial charge in [0.05, 0.1) is 6.42 Å². The van der Waals surface area contributed by atoms with Gasteiger partial charge in [0.2, 0.25) is 5.91 Å². The molecule has 4 heteroatoms. The van der Waals surface area contributed by atoms with Gasteiger partial charge in [-0.25, -0.2) is 0 Å². The van der Waals surface area contributed by atoms with Crippen molar-refractivity contribution in [1.29, 1.82) is 0 Å². The van der Waals surface area contributed by atoms with Crippen molar-refractivity contribution in [3.05, 3.63) is 0 Å². The third kappa shape index (κ3) is 4.00. The first-order valence-electron chi connectivity index (χ1n) is 5.50. The molecular weight excluding hydrogens is 194 g/mol. The van der Waals surface area contributed by atoms with Gasteiger partial charge in [0.1, 0.15) is 5.78 Å². The highest BCUT2D eigenvalue weighted by Crippen LogP contribution is 2.30. The summed E-state index contributed by atoms with van der Waals surface area (Å²) >= 11 is 0. The monoisotopic (exact) mass is 213 g/mol. The smallest absolute Gasteiger partial charge is 0.227 e. The lowest BCUT2D eigenvalue weighted by atomic mass is 9.97. The molecule has 2 unspecified atom stereocenters. The van der Waals surface area contributed by atoms with E-state index in [0.29, 0.717) is 18.4 Å². The average molecular weight is 213 g/mol. The molecule has 1 aliphatic rings. The number of ketones is 1. The van der Waals surface area contributed by atoms with Crippen LogP contribution >= 0.6 is 0 Å². The first-order chi connectivity index (χ1) is 7.13. The highest BCUT2D eigenvalue weighted by Gasteiger charge is 2.26. The summed E-state index contributed by atoms with van der Waals surface area (Å²) in [5, 5.41) is 11.8. The zero-order valence-corrected chi connectivity index (χ0v) is 9.16.